The van der Waals surface area contributed by atoms with Crippen molar-refractivity contribution in [3.8, 4) is 11.5 Å². The van der Waals surface area contributed by atoms with Gasteiger partial charge in [0.05, 0.1) is 19.9 Å². The van der Waals surface area contributed by atoms with Gasteiger partial charge in [0.15, 0.2) is 0 Å². The van der Waals surface area contributed by atoms with Crippen LogP contribution in [0.1, 0.15) is 28.4 Å². The van der Waals surface area contributed by atoms with Crippen LogP contribution in [0.2, 0.25) is 0 Å². The number of hydrogen-bond acceptors (Lipinski definition) is 7. The van der Waals surface area contributed by atoms with Crippen molar-refractivity contribution in [2.24, 2.45) is 5.10 Å². The number of esters is 1. The van der Waals surface area contributed by atoms with Crippen LogP contribution in [0.15, 0.2) is 60.2 Å². The third kappa shape index (κ3) is 4.73. The second kappa shape index (κ2) is 9.31. The Kier molecular flexibility index (Phi) is 6.35. The molecule has 0 bridgehead atoms. The molecule has 0 aliphatic heterocycles. The molecule has 0 saturated heterocycles. The van der Waals surface area contributed by atoms with E-state index in [1.165, 1.54) is 17.4 Å². The van der Waals surface area contributed by atoms with E-state index >= 15 is 0 Å². The largest absolute Gasteiger partial charge is 0.496 e. The number of nitrogens with zero attached hydrogens (tertiary/aromatic N) is 4. The molecule has 0 atom stereocenters. The maximum atomic E-state index is 12.1. The fourth-order valence-electron chi connectivity index (χ4n) is 2.50. The van der Waals surface area contributed by atoms with Gasteiger partial charge in [0.25, 0.3) is 0 Å². The van der Waals surface area contributed by atoms with Gasteiger partial charge in [-0.2, -0.15) is 5.10 Å². The summed E-state index contributed by atoms with van der Waals surface area (Å²) >= 11 is 0. The molecule has 0 saturated carbocycles. The van der Waals surface area contributed by atoms with Crippen LogP contribution in [0.25, 0.3) is 0 Å². The maximum Gasteiger partial charge on any atom is 0.341 e. The Morgan fingerprint density at radius 3 is 2.82 bits per heavy atom. The normalized spacial score (nSPS) is 10.8. The number of aromatic nitrogens is 3. The molecule has 0 amide bonds. The molecule has 28 heavy (non-hydrogen) atoms. The van der Waals surface area contributed by atoms with Gasteiger partial charge in [0, 0.05) is 5.56 Å². The molecule has 1 heterocycles. The summed E-state index contributed by atoms with van der Waals surface area (Å²) < 4.78 is 16.4. The van der Waals surface area contributed by atoms with Crippen LogP contribution in [-0.4, -0.2) is 40.8 Å². The molecule has 2 aromatic carbocycles. The van der Waals surface area contributed by atoms with Crippen LogP contribution in [0.4, 0.5) is 0 Å². The van der Waals surface area contributed by atoms with Crippen LogP contribution < -0.4 is 9.47 Å². The minimum atomic E-state index is -0.418. The number of methoxy groups -OCH3 is 1. The Bertz CT molecular complexity index is 955. The number of para-hydroxylation sites is 1. The molecule has 0 fully saturated rings. The summed E-state index contributed by atoms with van der Waals surface area (Å²) in [4.78, 5) is 17.3. The average Bonchev–Trinajstić information content (AvgIpc) is 3.25. The number of hydrogen-bond donors (Lipinski definition) is 0. The topological polar surface area (TPSA) is 87.8 Å². The first-order valence-corrected chi connectivity index (χ1v) is 8.66. The van der Waals surface area contributed by atoms with Gasteiger partial charge >= 0.3 is 5.97 Å². The number of carbonyl (C=O) groups excluding carboxylic acids is 1. The first-order chi connectivity index (χ1) is 13.7. The monoisotopic (exact) mass is 380 g/mol. The van der Waals surface area contributed by atoms with Crippen molar-refractivity contribution in [2.45, 2.75) is 13.5 Å². The highest BCUT2D eigenvalue weighted by molar-refractivity contribution is 5.92. The highest BCUT2D eigenvalue weighted by Crippen LogP contribution is 2.24. The summed E-state index contributed by atoms with van der Waals surface area (Å²) in [6.45, 7) is 2.28. The van der Waals surface area contributed by atoms with Crippen molar-refractivity contribution in [3.63, 3.8) is 0 Å². The first kappa shape index (κ1) is 19.1. The molecule has 0 unspecified atom stereocenters. The van der Waals surface area contributed by atoms with Crippen LogP contribution in [-0.2, 0) is 11.3 Å². The predicted molar refractivity (Wildman–Crippen MR) is 103 cm³/mol. The molecule has 3 aromatic rings. The van der Waals surface area contributed by atoms with Crippen molar-refractivity contribution < 1.29 is 19.0 Å². The molecule has 0 aliphatic rings. The zero-order chi connectivity index (χ0) is 19.8. The second-order valence-corrected chi connectivity index (χ2v) is 5.64. The van der Waals surface area contributed by atoms with Gasteiger partial charge in [0.1, 0.15) is 36.3 Å². The quantitative estimate of drug-likeness (QED) is 0.441. The Morgan fingerprint density at radius 2 is 2.07 bits per heavy atom. The van der Waals surface area contributed by atoms with Gasteiger partial charge in [-0.1, -0.05) is 12.1 Å². The van der Waals surface area contributed by atoms with Gasteiger partial charge in [0.2, 0.25) is 0 Å². The number of carbonyl (C=O) groups is 1. The average molecular weight is 380 g/mol. The standard InChI is InChI=1S/C20H20N4O4/c1-3-27-20(25)17-6-4-5-7-19(17)28-12-16-10-15(8-9-18(16)26-2)11-22-24-14-21-13-23-24/h4-11,13-14H,3,12H2,1-2H3. The lowest BCUT2D eigenvalue weighted by Crippen LogP contribution is -2.08. The Labute approximate surface area is 162 Å². The molecule has 144 valence electrons. The minimum Gasteiger partial charge on any atom is -0.496 e. The van der Waals surface area contributed by atoms with Gasteiger partial charge in [-0.3, -0.25) is 0 Å². The smallest absolute Gasteiger partial charge is 0.341 e. The highest BCUT2D eigenvalue weighted by Gasteiger charge is 2.14. The zero-order valence-corrected chi connectivity index (χ0v) is 15.6. The van der Waals surface area contributed by atoms with Crippen LogP contribution in [0.5, 0.6) is 11.5 Å². The van der Waals surface area contributed by atoms with E-state index in [1.807, 2.05) is 18.2 Å². The summed E-state index contributed by atoms with van der Waals surface area (Å²) in [6.07, 6.45) is 4.56. The fraction of sp³-hybridized carbons (Fsp3) is 0.200. The van der Waals surface area contributed by atoms with E-state index in [9.17, 15) is 4.79 Å². The Morgan fingerprint density at radius 1 is 1.21 bits per heavy atom. The molecule has 0 radical (unpaired) electrons. The molecular weight excluding hydrogens is 360 g/mol. The third-order valence-corrected chi connectivity index (χ3v) is 3.80. The Balaban J connectivity index is 1.78. The van der Waals surface area contributed by atoms with E-state index in [0.29, 0.717) is 23.7 Å². The van der Waals surface area contributed by atoms with Crippen molar-refractivity contribution in [1.29, 1.82) is 0 Å². The predicted octanol–water partition coefficient (Wildman–Crippen LogP) is 2.92. The lowest BCUT2D eigenvalue weighted by atomic mass is 10.1. The van der Waals surface area contributed by atoms with Crippen molar-refractivity contribution in [2.75, 3.05) is 13.7 Å². The van der Waals surface area contributed by atoms with Crippen molar-refractivity contribution in [3.05, 3.63) is 71.8 Å². The lowest BCUT2D eigenvalue weighted by Gasteiger charge is -2.13. The zero-order valence-electron chi connectivity index (χ0n) is 15.6. The summed E-state index contributed by atoms with van der Waals surface area (Å²) in [5, 5.41) is 8.10. The van der Waals surface area contributed by atoms with Gasteiger partial charge in [-0.05, 0) is 42.8 Å². The maximum absolute atomic E-state index is 12.1. The van der Waals surface area contributed by atoms with E-state index in [4.69, 9.17) is 14.2 Å². The number of ether oxygens (including phenoxy) is 3. The SMILES string of the molecule is CCOC(=O)c1ccccc1OCc1cc(C=Nn2cncn2)ccc1OC. The summed E-state index contributed by atoms with van der Waals surface area (Å²) in [7, 11) is 1.59. The molecule has 8 nitrogen and oxygen atoms in total. The molecule has 0 spiro atoms. The summed E-state index contributed by atoms with van der Waals surface area (Å²) in [5.41, 5.74) is 2.03. The first-order valence-electron chi connectivity index (χ1n) is 8.66. The van der Waals surface area contributed by atoms with E-state index in [-0.39, 0.29) is 6.61 Å². The van der Waals surface area contributed by atoms with Crippen molar-refractivity contribution >= 4 is 12.2 Å². The molecule has 0 aliphatic carbocycles. The van der Waals surface area contributed by atoms with Crippen LogP contribution in [0, 0.1) is 0 Å². The minimum absolute atomic E-state index is 0.213. The molecule has 3 rings (SSSR count). The molecule has 0 N–H and O–H groups in total. The van der Waals surface area contributed by atoms with Crippen LogP contribution in [0.3, 0.4) is 0 Å². The van der Waals surface area contributed by atoms with Gasteiger partial charge in [-0.15, -0.1) is 9.89 Å². The number of benzene rings is 2. The number of rotatable bonds is 8. The molecule has 8 heteroatoms. The lowest BCUT2D eigenvalue weighted by molar-refractivity contribution is 0.0521. The molecular formula is C20H20N4O4. The third-order valence-electron chi connectivity index (χ3n) is 3.80. The summed E-state index contributed by atoms with van der Waals surface area (Å²) in [5.74, 6) is 0.704. The highest BCUT2D eigenvalue weighted by atomic mass is 16.5. The fourth-order valence-corrected chi connectivity index (χ4v) is 2.50. The van der Waals surface area contributed by atoms with Crippen molar-refractivity contribution in [1.82, 2.24) is 14.9 Å². The van der Waals surface area contributed by atoms with E-state index in [0.717, 1.165) is 11.1 Å². The Hall–Kier alpha value is -3.68. The van der Waals surface area contributed by atoms with E-state index in [1.54, 1.807) is 44.5 Å². The van der Waals surface area contributed by atoms with Gasteiger partial charge < -0.3 is 14.2 Å². The van der Waals surface area contributed by atoms with Crippen LogP contribution >= 0.6 is 0 Å². The molecule has 1 aromatic heterocycles. The van der Waals surface area contributed by atoms with E-state index in [2.05, 4.69) is 15.2 Å². The summed E-state index contributed by atoms with van der Waals surface area (Å²) in [6, 6.07) is 12.6. The second-order valence-electron chi connectivity index (χ2n) is 5.64. The van der Waals surface area contributed by atoms with Gasteiger partial charge in [-0.25, -0.2) is 9.78 Å². The van der Waals surface area contributed by atoms with E-state index < -0.39 is 5.97 Å².